The second-order valence-electron chi connectivity index (χ2n) is 5.45. The van der Waals surface area contributed by atoms with Crippen LogP contribution in [0.5, 0.6) is 0 Å². The molecular weight excluding hydrogens is 256 g/mol. The number of hydrogen-bond donors (Lipinski definition) is 1. The van der Waals surface area contributed by atoms with Gasteiger partial charge in [0, 0.05) is 23.4 Å². The number of amides is 1. The van der Waals surface area contributed by atoms with Crippen LogP contribution >= 0.6 is 11.8 Å². The van der Waals surface area contributed by atoms with E-state index in [0.29, 0.717) is 12.5 Å². The summed E-state index contributed by atoms with van der Waals surface area (Å²) in [6, 6.07) is 9.08. The van der Waals surface area contributed by atoms with Gasteiger partial charge in [0.1, 0.15) is 0 Å². The van der Waals surface area contributed by atoms with Crippen molar-refractivity contribution in [1.82, 2.24) is 4.90 Å². The molecule has 2 unspecified atom stereocenters. The van der Waals surface area contributed by atoms with Crippen molar-refractivity contribution in [3.8, 4) is 0 Å². The van der Waals surface area contributed by atoms with Gasteiger partial charge in [-0.2, -0.15) is 0 Å². The van der Waals surface area contributed by atoms with Crippen molar-refractivity contribution < 1.29 is 4.79 Å². The molecule has 1 aromatic carbocycles. The summed E-state index contributed by atoms with van der Waals surface area (Å²) in [6.07, 6.45) is 5.76. The van der Waals surface area contributed by atoms with Crippen LogP contribution in [0.25, 0.3) is 0 Å². The van der Waals surface area contributed by atoms with Crippen molar-refractivity contribution >= 4 is 17.7 Å². The van der Waals surface area contributed by atoms with Crippen LogP contribution in [0.2, 0.25) is 0 Å². The minimum absolute atomic E-state index is 0.0680. The van der Waals surface area contributed by atoms with Crippen molar-refractivity contribution in [3.05, 3.63) is 29.8 Å². The first kappa shape index (κ1) is 13.0. The van der Waals surface area contributed by atoms with E-state index in [1.54, 1.807) is 11.8 Å². The highest BCUT2D eigenvalue weighted by Gasteiger charge is 2.42. The van der Waals surface area contributed by atoms with Crippen LogP contribution < -0.4 is 5.73 Å². The summed E-state index contributed by atoms with van der Waals surface area (Å²) in [4.78, 5) is 15.5. The zero-order chi connectivity index (χ0) is 13.4. The molecule has 0 bridgehead atoms. The molecule has 1 saturated carbocycles. The molecule has 0 radical (unpaired) electrons. The molecule has 2 atom stereocenters. The van der Waals surface area contributed by atoms with E-state index in [-0.39, 0.29) is 18.0 Å². The van der Waals surface area contributed by atoms with Gasteiger partial charge in [0.15, 0.2) is 0 Å². The molecule has 2 aliphatic rings. The van der Waals surface area contributed by atoms with Crippen LogP contribution in [0, 0.1) is 0 Å². The summed E-state index contributed by atoms with van der Waals surface area (Å²) in [6.45, 7) is 0. The molecule has 1 amide bonds. The van der Waals surface area contributed by atoms with E-state index in [4.69, 9.17) is 5.73 Å². The Labute approximate surface area is 118 Å². The van der Waals surface area contributed by atoms with Gasteiger partial charge < -0.3 is 10.6 Å². The number of benzene rings is 1. The highest BCUT2D eigenvalue weighted by atomic mass is 32.2. The molecule has 1 heterocycles. The lowest BCUT2D eigenvalue weighted by molar-refractivity contribution is -0.138. The van der Waals surface area contributed by atoms with Crippen molar-refractivity contribution in [3.63, 3.8) is 0 Å². The first-order valence-corrected chi connectivity index (χ1v) is 8.14. The summed E-state index contributed by atoms with van der Waals surface area (Å²) in [5.74, 6) is 0.281. The van der Waals surface area contributed by atoms with Gasteiger partial charge in [-0.05, 0) is 43.2 Å². The number of nitrogens with zero attached hydrogens (tertiary/aromatic N) is 1. The summed E-state index contributed by atoms with van der Waals surface area (Å²) in [5.41, 5.74) is 7.49. The number of likely N-dealkylation sites (tertiary alicyclic amines) is 1. The highest BCUT2D eigenvalue weighted by Crippen LogP contribution is 2.40. The fourth-order valence-corrected chi connectivity index (χ4v) is 3.34. The first-order chi connectivity index (χ1) is 9.20. The molecule has 2 N–H and O–H groups in total. The number of thioether (sulfide) groups is 1. The fraction of sp³-hybridized carbons (Fsp3) is 0.533. The average molecular weight is 276 g/mol. The summed E-state index contributed by atoms with van der Waals surface area (Å²) in [7, 11) is 0. The SMILES string of the molecule is CSc1ccc(C2C(N)CCC(=O)N2C2CC2)cc1. The summed E-state index contributed by atoms with van der Waals surface area (Å²) < 4.78 is 0. The Bertz CT molecular complexity index is 470. The number of carbonyl (C=O) groups is 1. The molecule has 2 fully saturated rings. The Morgan fingerprint density at radius 2 is 1.89 bits per heavy atom. The Morgan fingerprint density at radius 3 is 2.47 bits per heavy atom. The van der Waals surface area contributed by atoms with Gasteiger partial charge in [-0.1, -0.05) is 12.1 Å². The number of nitrogens with two attached hydrogens (primary N) is 1. The summed E-state index contributed by atoms with van der Waals surface area (Å²) >= 11 is 1.73. The lowest BCUT2D eigenvalue weighted by Crippen LogP contribution is -2.49. The molecule has 3 rings (SSSR count). The first-order valence-electron chi connectivity index (χ1n) is 6.91. The number of carbonyl (C=O) groups excluding carboxylic acids is 1. The maximum absolute atomic E-state index is 12.2. The Hall–Kier alpha value is -1.00. The predicted molar refractivity (Wildman–Crippen MR) is 78.0 cm³/mol. The molecule has 0 spiro atoms. The van der Waals surface area contributed by atoms with E-state index in [1.807, 2.05) is 0 Å². The van der Waals surface area contributed by atoms with Crippen molar-refractivity contribution in [2.45, 2.75) is 48.7 Å². The van der Waals surface area contributed by atoms with Crippen molar-refractivity contribution in [2.24, 2.45) is 5.73 Å². The van der Waals surface area contributed by atoms with E-state index in [1.165, 1.54) is 10.5 Å². The van der Waals surface area contributed by atoms with Crippen LogP contribution in [0.1, 0.15) is 37.3 Å². The maximum atomic E-state index is 12.2. The monoisotopic (exact) mass is 276 g/mol. The van der Waals surface area contributed by atoms with Gasteiger partial charge in [-0.3, -0.25) is 4.79 Å². The van der Waals surface area contributed by atoms with Crippen LogP contribution in [-0.2, 0) is 4.79 Å². The Balaban J connectivity index is 1.90. The van der Waals surface area contributed by atoms with Gasteiger partial charge in [-0.25, -0.2) is 0 Å². The van der Waals surface area contributed by atoms with Crippen molar-refractivity contribution in [1.29, 1.82) is 0 Å². The zero-order valence-electron chi connectivity index (χ0n) is 11.2. The standard InChI is InChI=1S/C15H20N2OS/c1-19-12-6-2-10(3-7-12)15-13(16)8-9-14(18)17(15)11-4-5-11/h2-3,6-7,11,13,15H,4-5,8-9,16H2,1H3. The normalized spacial score (nSPS) is 27.7. The average Bonchev–Trinajstić information content (AvgIpc) is 3.25. The lowest BCUT2D eigenvalue weighted by atomic mass is 9.90. The Morgan fingerprint density at radius 1 is 1.21 bits per heavy atom. The fourth-order valence-electron chi connectivity index (χ4n) is 2.93. The minimum Gasteiger partial charge on any atom is -0.331 e. The number of rotatable bonds is 3. The number of piperidine rings is 1. The predicted octanol–water partition coefficient (Wildman–Crippen LogP) is 2.56. The smallest absolute Gasteiger partial charge is 0.223 e. The third-order valence-electron chi connectivity index (χ3n) is 4.08. The van der Waals surface area contributed by atoms with Crippen molar-refractivity contribution in [2.75, 3.05) is 6.26 Å². The molecule has 3 nitrogen and oxygen atoms in total. The Kier molecular flexibility index (Phi) is 3.54. The quantitative estimate of drug-likeness (QED) is 0.863. The molecular formula is C15H20N2OS. The largest absolute Gasteiger partial charge is 0.331 e. The van der Waals surface area contributed by atoms with E-state index < -0.39 is 0 Å². The van der Waals surface area contributed by atoms with Gasteiger partial charge in [-0.15, -0.1) is 11.8 Å². The molecule has 1 aromatic rings. The third-order valence-corrected chi connectivity index (χ3v) is 4.83. The van der Waals surface area contributed by atoms with Gasteiger partial charge in [0.05, 0.1) is 6.04 Å². The molecule has 1 aliphatic heterocycles. The highest BCUT2D eigenvalue weighted by molar-refractivity contribution is 7.98. The third kappa shape index (κ3) is 2.51. The van der Waals surface area contributed by atoms with Crippen LogP contribution in [0.4, 0.5) is 0 Å². The van der Waals surface area contributed by atoms with E-state index in [9.17, 15) is 4.79 Å². The van der Waals surface area contributed by atoms with E-state index in [2.05, 4.69) is 35.4 Å². The topological polar surface area (TPSA) is 46.3 Å². The van der Waals surface area contributed by atoms with Gasteiger partial charge in [0.25, 0.3) is 0 Å². The van der Waals surface area contributed by atoms with Crippen LogP contribution in [0.15, 0.2) is 29.2 Å². The lowest BCUT2D eigenvalue weighted by Gasteiger charge is -2.40. The van der Waals surface area contributed by atoms with E-state index >= 15 is 0 Å². The van der Waals surface area contributed by atoms with E-state index in [0.717, 1.165) is 19.3 Å². The minimum atomic E-state index is 0.0680. The molecule has 0 aromatic heterocycles. The molecule has 102 valence electrons. The van der Waals surface area contributed by atoms with Crippen LogP contribution in [0.3, 0.4) is 0 Å². The molecule has 4 heteroatoms. The second kappa shape index (κ2) is 5.17. The molecule has 1 saturated heterocycles. The maximum Gasteiger partial charge on any atom is 0.223 e. The van der Waals surface area contributed by atoms with Crippen LogP contribution in [-0.4, -0.2) is 29.1 Å². The van der Waals surface area contributed by atoms with Gasteiger partial charge in [0.2, 0.25) is 5.91 Å². The number of hydrogen-bond acceptors (Lipinski definition) is 3. The van der Waals surface area contributed by atoms with Gasteiger partial charge >= 0.3 is 0 Å². The molecule has 19 heavy (non-hydrogen) atoms. The zero-order valence-corrected chi connectivity index (χ0v) is 12.0. The molecule has 1 aliphatic carbocycles. The second-order valence-corrected chi connectivity index (χ2v) is 6.33. The summed E-state index contributed by atoms with van der Waals surface area (Å²) in [5, 5.41) is 0.